The molecule has 0 fully saturated rings. The number of hydrogen-bond acceptors (Lipinski definition) is 4. The van der Waals surface area contributed by atoms with E-state index in [0.717, 1.165) is 25.0 Å². The van der Waals surface area contributed by atoms with Crippen LogP contribution in [0.25, 0.3) is 11.4 Å². The maximum Gasteiger partial charge on any atom is 0.269 e. The van der Waals surface area contributed by atoms with Gasteiger partial charge in [-0.3, -0.25) is 9.78 Å². The summed E-state index contributed by atoms with van der Waals surface area (Å²) in [7, 11) is 0. The van der Waals surface area contributed by atoms with E-state index in [-0.39, 0.29) is 5.56 Å². The van der Waals surface area contributed by atoms with Crippen LogP contribution >= 0.6 is 0 Å². The molecule has 5 nitrogen and oxygen atoms in total. The number of fused-ring (bicyclic) bond motifs is 1. The van der Waals surface area contributed by atoms with Crippen LogP contribution in [0.1, 0.15) is 29.7 Å². The highest BCUT2D eigenvalue weighted by molar-refractivity contribution is 5.62. The average Bonchev–Trinajstić information content (AvgIpc) is 2.46. The molecule has 0 saturated carbocycles. The fraction of sp³-hybridized carbons (Fsp3) is 0.286. The smallest absolute Gasteiger partial charge is 0.269 e. The van der Waals surface area contributed by atoms with Crippen molar-refractivity contribution in [1.29, 1.82) is 5.26 Å². The molecular weight excluding hydrogens is 240 g/mol. The van der Waals surface area contributed by atoms with E-state index < -0.39 is 5.56 Å². The molecule has 2 aromatic heterocycles. The Morgan fingerprint density at radius 2 is 2.11 bits per heavy atom. The summed E-state index contributed by atoms with van der Waals surface area (Å²) in [5, 5.41) is 9.06. The summed E-state index contributed by atoms with van der Waals surface area (Å²) >= 11 is 0. The summed E-state index contributed by atoms with van der Waals surface area (Å²) in [6.45, 7) is 0. The molecule has 1 aliphatic rings. The molecule has 0 bridgehead atoms. The number of rotatable bonds is 1. The lowest BCUT2D eigenvalue weighted by atomic mass is 9.95. The zero-order valence-corrected chi connectivity index (χ0v) is 10.3. The Morgan fingerprint density at radius 1 is 1.26 bits per heavy atom. The number of hydrogen-bond donors (Lipinski definition) is 1. The minimum absolute atomic E-state index is 0.0192. The van der Waals surface area contributed by atoms with Gasteiger partial charge >= 0.3 is 0 Å². The van der Waals surface area contributed by atoms with Crippen molar-refractivity contribution in [2.45, 2.75) is 25.7 Å². The van der Waals surface area contributed by atoms with E-state index in [1.54, 1.807) is 0 Å². The van der Waals surface area contributed by atoms with Crippen LogP contribution in [0, 0.1) is 11.3 Å². The van der Waals surface area contributed by atoms with Gasteiger partial charge in [-0.05, 0) is 37.3 Å². The molecule has 94 valence electrons. The predicted molar refractivity (Wildman–Crippen MR) is 69.4 cm³/mol. The normalized spacial score (nSPS) is 13.6. The van der Waals surface area contributed by atoms with Gasteiger partial charge in [0, 0.05) is 5.69 Å². The van der Waals surface area contributed by atoms with E-state index >= 15 is 0 Å². The van der Waals surface area contributed by atoms with Crippen LogP contribution in [0.15, 0.2) is 23.3 Å². The van der Waals surface area contributed by atoms with Crippen molar-refractivity contribution in [3.05, 3.63) is 45.6 Å². The maximum atomic E-state index is 11.6. The lowest BCUT2D eigenvalue weighted by molar-refractivity contribution is 0.668. The summed E-state index contributed by atoms with van der Waals surface area (Å²) < 4.78 is 0. The van der Waals surface area contributed by atoms with Crippen LogP contribution in [-0.2, 0) is 12.8 Å². The quantitative estimate of drug-likeness (QED) is 0.835. The first-order valence-corrected chi connectivity index (χ1v) is 6.26. The molecule has 0 saturated heterocycles. The second-order valence-corrected chi connectivity index (χ2v) is 4.58. The van der Waals surface area contributed by atoms with Gasteiger partial charge in [-0.2, -0.15) is 5.26 Å². The van der Waals surface area contributed by atoms with E-state index in [1.807, 2.05) is 18.2 Å². The summed E-state index contributed by atoms with van der Waals surface area (Å²) in [4.78, 5) is 22.6. The van der Waals surface area contributed by atoms with Crippen molar-refractivity contribution in [2.24, 2.45) is 0 Å². The van der Waals surface area contributed by atoms with Gasteiger partial charge in [0.1, 0.15) is 17.3 Å². The molecule has 1 N–H and O–H groups in total. The standard InChI is InChI=1S/C14H12N4O/c15-7-10-13(16-8-17-14(10)19)12-6-5-9-3-1-2-4-11(9)18-12/h5-6,8H,1-4H2,(H,16,17,19). The maximum absolute atomic E-state index is 11.6. The van der Waals surface area contributed by atoms with Gasteiger partial charge in [-0.1, -0.05) is 6.07 Å². The van der Waals surface area contributed by atoms with E-state index in [2.05, 4.69) is 15.0 Å². The van der Waals surface area contributed by atoms with Crippen molar-refractivity contribution in [3.8, 4) is 17.5 Å². The van der Waals surface area contributed by atoms with Crippen molar-refractivity contribution >= 4 is 0 Å². The van der Waals surface area contributed by atoms with Gasteiger partial charge in [0.25, 0.3) is 5.56 Å². The Balaban J connectivity index is 2.16. The van der Waals surface area contributed by atoms with Crippen LogP contribution < -0.4 is 5.56 Å². The third-order valence-corrected chi connectivity index (χ3v) is 3.39. The predicted octanol–water partition coefficient (Wildman–Crippen LogP) is 1.58. The van der Waals surface area contributed by atoms with Gasteiger partial charge in [0.05, 0.1) is 12.0 Å². The van der Waals surface area contributed by atoms with Crippen molar-refractivity contribution in [3.63, 3.8) is 0 Å². The topological polar surface area (TPSA) is 82.4 Å². The Hall–Kier alpha value is -2.48. The number of nitrogens with zero attached hydrogens (tertiary/aromatic N) is 3. The molecule has 1 aliphatic carbocycles. The molecular formula is C14H12N4O. The molecule has 0 unspecified atom stereocenters. The number of aryl methyl sites for hydroxylation is 2. The number of nitriles is 1. The van der Waals surface area contributed by atoms with Gasteiger partial charge in [-0.15, -0.1) is 0 Å². The SMILES string of the molecule is N#Cc1c(-c2ccc3c(n2)CCCC3)nc[nH]c1=O. The zero-order valence-electron chi connectivity index (χ0n) is 10.3. The Bertz CT molecular complexity index is 727. The molecule has 3 rings (SSSR count). The van der Waals surface area contributed by atoms with E-state index in [0.29, 0.717) is 11.4 Å². The molecule has 0 aromatic carbocycles. The first kappa shape index (κ1) is 11.6. The minimum Gasteiger partial charge on any atom is -0.312 e. The first-order chi connectivity index (χ1) is 9.29. The minimum atomic E-state index is -0.424. The van der Waals surface area contributed by atoms with Crippen LogP contribution in [0.3, 0.4) is 0 Å². The molecule has 5 heteroatoms. The van der Waals surface area contributed by atoms with E-state index in [1.165, 1.54) is 18.3 Å². The van der Waals surface area contributed by atoms with Crippen molar-refractivity contribution in [1.82, 2.24) is 15.0 Å². The molecule has 0 radical (unpaired) electrons. The molecule has 2 aromatic rings. The molecule has 19 heavy (non-hydrogen) atoms. The van der Waals surface area contributed by atoms with Crippen LogP contribution in [0.5, 0.6) is 0 Å². The van der Waals surface area contributed by atoms with Gasteiger partial charge in [-0.25, -0.2) is 4.98 Å². The molecule has 0 amide bonds. The highest BCUT2D eigenvalue weighted by atomic mass is 16.1. The zero-order chi connectivity index (χ0) is 13.2. The highest BCUT2D eigenvalue weighted by Crippen LogP contribution is 2.23. The third-order valence-electron chi connectivity index (χ3n) is 3.39. The average molecular weight is 252 g/mol. The Kier molecular flexibility index (Phi) is 2.84. The summed E-state index contributed by atoms with van der Waals surface area (Å²) in [5.74, 6) is 0. The second-order valence-electron chi connectivity index (χ2n) is 4.58. The Morgan fingerprint density at radius 3 is 2.95 bits per heavy atom. The number of nitrogens with one attached hydrogen (secondary N) is 1. The molecule has 0 aliphatic heterocycles. The number of pyridine rings is 1. The molecule has 0 spiro atoms. The van der Waals surface area contributed by atoms with Crippen LogP contribution in [0.2, 0.25) is 0 Å². The summed E-state index contributed by atoms with van der Waals surface area (Å²) in [6.07, 6.45) is 5.64. The highest BCUT2D eigenvalue weighted by Gasteiger charge is 2.15. The molecule has 0 atom stereocenters. The summed E-state index contributed by atoms with van der Waals surface area (Å²) in [6, 6.07) is 5.76. The molecule has 2 heterocycles. The second kappa shape index (κ2) is 4.65. The number of aromatic amines is 1. The van der Waals surface area contributed by atoms with Gasteiger partial charge < -0.3 is 4.98 Å². The van der Waals surface area contributed by atoms with Gasteiger partial charge in [0.15, 0.2) is 0 Å². The third kappa shape index (κ3) is 2.02. The Labute approximate surface area is 110 Å². The summed E-state index contributed by atoms with van der Waals surface area (Å²) in [5.41, 5.74) is 2.88. The van der Waals surface area contributed by atoms with Crippen molar-refractivity contribution < 1.29 is 0 Å². The van der Waals surface area contributed by atoms with E-state index in [9.17, 15) is 4.79 Å². The fourth-order valence-electron chi connectivity index (χ4n) is 2.41. The van der Waals surface area contributed by atoms with Gasteiger partial charge in [0.2, 0.25) is 0 Å². The number of H-pyrrole nitrogens is 1. The van der Waals surface area contributed by atoms with Crippen molar-refractivity contribution in [2.75, 3.05) is 0 Å². The fourth-order valence-corrected chi connectivity index (χ4v) is 2.41. The van der Waals surface area contributed by atoms with E-state index in [4.69, 9.17) is 5.26 Å². The monoisotopic (exact) mass is 252 g/mol. The van der Waals surface area contributed by atoms with Crippen LogP contribution in [0.4, 0.5) is 0 Å². The lowest BCUT2D eigenvalue weighted by Crippen LogP contribution is -2.13. The largest absolute Gasteiger partial charge is 0.312 e. The first-order valence-electron chi connectivity index (χ1n) is 6.26. The lowest BCUT2D eigenvalue weighted by Gasteiger charge is -2.15. The number of aromatic nitrogens is 3. The van der Waals surface area contributed by atoms with Crippen LogP contribution in [-0.4, -0.2) is 15.0 Å².